The van der Waals surface area contributed by atoms with Crippen LogP contribution in [0.5, 0.6) is 0 Å². The standard InChI is InChI=1S/C5H10N2O5/c6-1-3(8)11-5(10)12-4(9)2-7/h5,10H,1-2,6-7H2/p+1. The van der Waals surface area contributed by atoms with Gasteiger partial charge in [0.15, 0.2) is 0 Å². The smallest absolute Gasteiger partial charge is 0.377 e. The summed E-state index contributed by atoms with van der Waals surface area (Å²) in [6.45, 7) is -2.41. The van der Waals surface area contributed by atoms with Gasteiger partial charge in [-0.1, -0.05) is 0 Å². The summed E-state index contributed by atoms with van der Waals surface area (Å²) >= 11 is 0. The minimum atomic E-state index is -1.68. The summed E-state index contributed by atoms with van der Waals surface area (Å²) < 4.78 is 8.35. The number of hydrogen-bond donors (Lipinski definition) is 2. The van der Waals surface area contributed by atoms with Crippen molar-refractivity contribution < 1.29 is 24.2 Å². The van der Waals surface area contributed by atoms with Crippen LogP contribution in [-0.4, -0.2) is 36.6 Å². The topological polar surface area (TPSA) is 128 Å². The molecule has 12 heavy (non-hydrogen) atoms. The molecule has 0 rings (SSSR count). The first-order chi connectivity index (χ1) is 5.60. The van der Waals surface area contributed by atoms with Crippen molar-refractivity contribution in [3.05, 3.63) is 0 Å². The van der Waals surface area contributed by atoms with E-state index in [2.05, 4.69) is 9.47 Å². The third-order valence-corrected chi connectivity index (χ3v) is 0.810. The molecule has 0 aromatic heterocycles. The fourth-order valence-electron chi connectivity index (χ4n) is 0.359. The first-order valence-electron chi connectivity index (χ1n) is 3.10. The summed E-state index contributed by atoms with van der Waals surface area (Å²) in [6, 6.07) is 0. The molecule has 0 aliphatic carbocycles. The Balaban J connectivity index is 3.66. The molecule has 0 aliphatic heterocycles. The Morgan fingerprint density at radius 2 is 1.50 bits per heavy atom. The molecule has 7 nitrogen and oxygen atoms in total. The number of rotatable bonds is 4. The number of hydrogen-bond acceptors (Lipinski definition) is 6. The molecule has 0 amide bonds. The van der Waals surface area contributed by atoms with Crippen molar-refractivity contribution in [1.82, 2.24) is 0 Å². The summed E-state index contributed by atoms with van der Waals surface area (Å²) in [7, 11) is 0. The van der Waals surface area contributed by atoms with Gasteiger partial charge in [0.2, 0.25) is 0 Å². The van der Waals surface area contributed by atoms with Crippen LogP contribution in [-0.2, 0) is 19.1 Å². The van der Waals surface area contributed by atoms with Crippen LogP contribution in [0.25, 0.3) is 0 Å². The van der Waals surface area contributed by atoms with E-state index in [-0.39, 0.29) is 13.1 Å². The van der Waals surface area contributed by atoms with E-state index in [0.717, 1.165) is 0 Å². The normalized spacial score (nSPS) is 9.67. The SMILES string of the molecule is NCC(=O)OC([OH2+])OC(=O)CN. The Morgan fingerprint density at radius 1 is 1.17 bits per heavy atom. The van der Waals surface area contributed by atoms with Gasteiger partial charge in [0.05, 0.1) is 13.1 Å². The van der Waals surface area contributed by atoms with Crippen LogP contribution < -0.4 is 11.5 Å². The molecule has 0 atom stereocenters. The lowest BCUT2D eigenvalue weighted by Gasteiger charge is -2.06. The van der Waals surface area contributed by atoms with E-state index in [9.17, 15) is 9.59 Å². The molecule has 0 heterocycles. The third kappa shape index (κ3) is 4.61. The van der Waals surface area contributed by atoms with Crippen LogP contribution in [0.1, 0.15) is 0 Å². The molecule has 0 radical (unpaired) electrons. The van der Waals surface area contributed by atoms with Crippen molar-refractivity contribution in [2.75, 3.05) is 13.1 Å². The molecule has 0 saturated carbocycles. The van der Waals surface area contributed by atoms with Crippen molar-refractivity contribution in [3.63, 3.8) is 0 Å². The van der Waals surface area contributed by atoms with Crippen LogP contribution in [0.15, 0.2) is 0 Å². The van der Waals surface area contributed by atoms with Gasteiger partial charge in [-0.3, -0.25) is 9.59 Å². The van der Waals surface area contributed by atoms with E-state index in [4.69, 9.17) is 16.6 Å². The monoisotopic (exact) mass is 179 g/mol. The second kappa shape index (κ2) is 5.47. The van der Waals surface area contributed by atoms with Gasteiger partial charge in [-0.2, -0.15) is 0 Å². The molecule has 0 aliphatic rings. The first-order valence-corrected chi connectivity index (χ1v) is 3.10. The lowest BCUT2D eigenvalue weighted by molar-refractivity contribution is -0.244. The Bertz CT molecular complexity index is 153. The lowest BCUT2D eigenvalue weighted by Crippen LogP contribution is -2.30. The van der Waals surface area contributed by atoms with Gasteiger partial charge in [-0.05, 0) is 0 Å². The van der Waals surface area contributed by atoms with E-state index < -0.39 is 18.4 Å². The third-order valence-electron chi connectivity index (χ3n) is 0.810. The quantitative estimate of drug-likeness (QED) is 0.269. The Morgan fingerprint density at radius 3 is 1.75 bits per heavy atom. The fraction of sp³-hybridized carbons (Fsp3) is 0.600. The average Bonchev–Trinajstić information content (AvgIpc) is 2.03. The van der Waals surface area contributed by atoms with E-state index in [0.29, 0.717) is 0 Å². The number of nitrogens with two attached hydrogens (primary N) is 2. The molecule has 0 unspecified atom stereocenters. The number of carbonyl (C=O) groups is 2. The number of esters is 2. The molecule has 0 spiro atoms. The van der Waals surface area contributed by atoms with E-state index >= 15 is 0 Å². The molecule has 70 valence electrons. The number of carbonyl (C=O) groups excluding carboxylic acids is 2. The predicted octanol–water partition coefficient (Wildman–Crippen LogP) is -3.00. The van der Waals surface area contributed by atoms with Gasteiger partial charge in [-0.15, -0.1) is 0 Å². The zero-order chi connectivity index (χ0) is 9.56. The van der Waals surface area contributed by atoms with Gasteiger partial charge >= 0.3 is 18.4 Å². The Hall–Kier alpha value is -1.18. The van der Waals surface area contributed by atoms with Crippen LogP contribution in [0.2, 0.25) is 0 Å². The largest absolute Gasteiger partial charge is 0.480 e. The molecular formula is C5H11N2O5+. The predicted molar refractivity (Wildman–Crippen MR) is 37.7 cm³/mol. The van der Waals surface area contributed by atoms with Crippen molar-refractivity contribution in [3.8, 4) is 0 Å². The highest BCUT2D eigenvalue weighted by molar-refractivity contribution is 5.73. The van der Waals surface area contributed by atoms with Gasteiger partial charge in [0, 0.05) is 0 Å². The van der Waals surface area contributed by atoms with Gasteiger partial charge in [0.1, 0.15) is 0 Å². The highest BCUT2D eigenvalue weighted by Gasteiger charge is 2.17. The molecule has 0 saturated heterocycles. The van der Waals surface area contributed by atoms with Crippen LogP contribution in [0.4, 0.5) is 0 Å². The summed E-state index contributed by atoms with van der Waals surface area (Å²) in [4.78, 5) is 20.8. The average molecular weight is 179 g/mol. The second-order valence-electron chi connectivity index (χ2n) is 1.72. The van der Waals surface area contributed by atoms with Crippen molar-refractivity contribution in [1.29, 1.82) is 0 Å². The molecule has 0 aromatic carbocycles. The second-order valence-corrected chi connectivity index (χ2v) is 1.72. The summed E-state index contributed by atoms with van der Waals surface area (Å²) in [6.07, 6.45) is 0. The summed E-state index contributed by atoms with van der Waals surface area (Å²) in [5, 5.41) is 6.84. The summed E-state index contributed by atoms with van der Waals surface area (Å²) in [5.41, 5.74) is 9.72. The van der Waals surface area contributed by atoms with Crippen molar-refractivity contribution in [2.24, 2.45) is 11.5 Å². The van der Waals surface area contributed by atoms with E-state index in [1.165, 1.54) is 0 Å². The molecule has 0 aromatic rings. The Kier molecular flexibility index (Phi) is 4.93. The zero-order valence-electron chi connectivity index (χ0n) is 6.28. The van der Waals surface area contributed by atoms with Gasteiger partial charge in [-0.25, -0.2) is 0 Å². The van der Waals surface area contributed by atoms with Gasteiger partial charge in [0.25, 0.3) is 0 Å². The molecule has 0 bridgehead atoms. The van der Waals surface area contributed by atoms with Crippen LogP contribution in [0, 0.1) is 0 Å². The van der Waals surface area contributed by atoms with E-state index in [1.807, 2.05) is 0 Å². The zero-order valence-corrected chi connectivity index (χ0v) is 6.28. The highest BCUT2D eigenvalue weighted by Crippen LogP contribution is 1.90. The highest BCUT2D eigenvalue weighted by atomic mass is 16.8. The fourth-order valence-corrected chi connectivity index (χ4v) is 0.359. The van der Waals surface area contributed by atoms with Gasteiger partial charge < -0.3 is 26.0 Å². The van der Waals surface area contributed by atoms with Crippen molar-refractivity contribution in [2.45, 2.75) is 6.48 Å². The summed E-state index contributed by atoms with van der Waals surface area (Å²) in [5.74, 6) is -1.64. The maximum atomic E-state index is 10.4. The lowest BCUT2D eigenvalue weighted by atomic mass is 10.7. The minimum Gasteiger partial charge on any atom is -0.377 e. The van der Waals surface area contributed by atoms with Crippen LogP contribution in [0.3, 0.4) is 0 Å². The maximum Gasteiger partial charge on any atom is 0.480 e. The van der Waals surface area contributed by atoms with Crippen molar-refractivity contribution >= 4 is 11.9 Å². The molecule has 6 N–H and O–H groups in total. The minimum absolute atomic E-state index is 0.366. The Labute approximate surface area is 68.2 Å². The molecular weight excluding hydrogens is 168 g/mol. The van der Waals surface area contributed by atoms with Crippen LogP contribution >= 0.6 is 0 Å². The molecule has 0 fully saturated rings. The maximum absolute atomic E-state index is 10.4. The molecule has 7 heteroatoms. The first kappa shape index (κ1) is 10.8. The number of ether oxygens (including phenoxy) is 2. The van der Waals surface area contributed by atoms with E-state index in [1.54, 1.807) is 0 Å².